The minimum atomic E-state index is -0.754. The maximum atomic E-state index is 11.3. The van der Waals surface area contributed by atoms with Crippen LogP contribution in [0.2, 0.25) is 0 Å². The summed E-state index contributed by atoms with van der Waals surface area (Å²) in [6.45, 7) is 4.68. The van der Waals surface area contributed by atoms with E-state index in [0.717, 1.165) is 23.1 Å². The summed E-state index contributed by atoms with van der Waals surface area (Å²) in [4.78, 5) is 11.3. The summed E-state index contributed by atoms with van der Waals surface area (Å²) in [6, 6.07) is 6.11. The zero-order chi connectivity index (χ0) is 12.4. The number of carboxylic acid groups (broad SMARTS) is 1. The number of carboxylic acids is 1. The second-order valence-electron chi connectivity index (χ2n) is 4.74. The summed E-state index contributed by atoms with van der Waals surface area (Å²) < 4.78 is 5.69. The van der Waals surface area contributed by atoms with Crippen LogP contribution in [0.5, 0.6) is 0 Å². The van der Waals surface area contributed by atoms with Gasteiger partial charge in [0.1, 0.15) is 0 Å². The molecule has 0 bridgehead atoms. The van der Waals surface area contributed by atoms with Gasteiger partial charge in [-0.25, -0.2) is 0 Å². The van der Waals surface area contributed by atoms with E-state index in [-0.39, 0.29) is 6.10 Å². The monoisotopic (exact) mass is 234 g/mol. The van der Waals surface area contributed by atoms with E-state index in [1.807, 2.05) is 32.0 Å². The van der Waals surface area contributed by atoms with Crippen LogP contribution in [0.25, 0.3) is 0 Å². The largest absolute Gasteiger partial charge is 0.481 e. The van der Waals surface area contributed by atoms with Crippen LogP contribution in [-0.4, -0.2) is 17.7 Å². The van der Waals surface area contributed by atoms with Crippen LogP contribution < -0.4 is 0 Å². The molecule has 0 spiro atoms. The van der Waals surface area contributed by atoms with Crippen LogP contribution in [0.3, 0.4) is 0 Å². The third kappa shape index (κ3) is 2.50. The van der Waals surface area contributed by atoms with Gasteiger partial charge in [-0.1, -0.05) is 23.8 Å². The van der Waals surface area contributed by atoms with Crippen LogP contribution >= 0.6 is 0 Å². The Hall–Kier alpha value is -1.35. The van der Waals surface area contributed by atoms with E-state index in [0.29, 0.717) is 13.0 Å². The first-order valence-corrected chi connectivity index (χ1v) is 6.01. The predicted octanol–water partition coefficient (Wildman–Crippen LogP) is 2.86. The van der Waals surface area contributed by atoms with E-state index < -0.39 is 11.9 Å². The van der Waals surface area contributed by atoms with Crippen LogP contribution in [0, 0.1) is 19.8 Å². The summed E-state index contributed by atoms with van der Waals surface area (Å²) in [6.07, 6.45) is 1.24. The lowest BCUT2D eigenvalue weighted by molar-refractivity contribution is -0.151. The molecule has 1 aliphatic rings. The lowest BCUT2D eigenvalue weighted by Crippen LogP contribution is -2.29. The van der Waals surface area contributed by atoms with Crippen molar-refractivity contribution in [1.82, 2.24) is 0 Å². The molecule has 3 heteroatoms. The quantitative estimate of drug-likeness (QED) is 0.855. The first-order chi connectivity index (χ1) is 8.09. The van der Waals surface area contributed by atoms with E-state index >= 15 is 0 Å². The van der Waals surface area contributed by atoms with Crippen molar-refractivity contribution < 1.29 is 14.6 Å². The molecule has 2 rings (SSSR count). The lowest BCUT2D eigenvalue weighted by atomic mass is 9.87. The maximum absolute atomic E-state index is 11.3. The van der Waals surface area contributed by atoms with E-state index in [1.165, 1.54) is 0 Å². The number of carbonyl (C=O) groups is 1. The molecule has 1 N–H and O–H groups in total. The average Bonchev–Trinajstić information content (AvgIpc) is 2.32. The van der Waals surface area contributed by atoms with Gasteiger partial charge in [0.25, 0.3) is 0 Å². The summed E-state index contributed by atoms with van der Waals surface area (Å²) in [7, 11) is 0. The molecule has 92 valence electrons. The molecule has 2 unspecified atom stereocenters. The summed E-state index contributed by atoms with van der Waals surface area (Å²) in [5, 5.41) is 9.25. The Morgan fingerprint density at radius 1 is 1.41 bits per heavy atom. The molecule has 0 aliphatic carbocycles. The molecule has 3 nitrogen and oxygen atoms in total. The van der Waals surface area contributed by atoms with Crippen molar-refractivity contribution in [2.75, 3.05) is 6.61 Å². The molecule has 2 atom stereocenters. The SMILES string of the molecule is Cc1ccc(C)c(C2OCCCC2C(=O)O)c1. The topological polar surface area (TPSA) is 46.5 Å². The van der Waals surface area contributed by atoms with Gasteiger partial charge in [0.05, 0.1) is 12.0 Å². The maximum Gasteiger partial charge on any atom is 0.309 e. The summed E-state index contributed by atoms with van der Waals surface area (Å²) >= 11 is 0. The highest BCUT2D eigenvalue weighted by Crippen LogP contribution is 2.35. The third-order valence-corrected chi connectivity index (χ3v) is 3.38. The van der Waals surface area contributed by atoms with Gasteiger partial charge in [0.15, 0.2) is 0 Å². The number of benzene rings is 1. The molecular formula is C14H18O3. The van der Waals surface area contributed by atoms with Crippen LogP contribution in [0.1, 0.15) is 35.6 Å². The smallest absolute Gasteiger partial charge is 0.309 e. The zero-order valence-corrected chi connectivity index (χ0v) is 10.3. The number of hydrogen-bond acceptors (Lipinski definition) is 2. The number of rotatable bonds is 2. The first kappa shape index (κ1) is 12.1. The Morgan fingerprint density at radius 2 is 2.18 bits per heavy atom. The van der Waals surface area contributed by atoms with Crippen molar-refractivity contribution >= 4 is 5.97 Å². The van der Waals surface area contributed by atoms with Gasteiger partial charge in [-0.3, -0.25) is 4.79 Å². The minimum Gasteiger partial charge on any atom is -0.481 e. The standard InChI is InChI=1S/C14H18O3/c1-9-5-6-10(2)12(8-9)13-11(14(15)16)4-3-7-17-13/h5-6,8,11,13H,3-4,7H2,1-2H3,(H,15,16). The van der Waals surface area contributed by atoms with Crippen molar-refractivity contribution in [1.29, 1.82) is 0 Å². The predicted molar refractivity (Wildman–Crippen MR) is 65.0 cm³/mol. The number of aryl methyl sites for hydroxylation is 2. The fourth-order valence-corrected chi connectivity index (χ4v) is 2.41. The number of hydrogen-bond donors (Lipinski definition) is 1. The van der Waals surface area contributed by atoms with Gasteiger partial charge in [-0.15, -0.1) is 0 Å². The second-order valence-corrected chi connectivity index (χ2v) is 4.74. The van der Waals surface area contributed by atoms with Gasteiger partial charge in [0.2, 0.25) is 0 Å². The Morgan fingerprint density at radius 3 is 2.88 bits per heavy atom. The Kier molecular flexibility index (Phi) is 3.48. The van der Waals surface area contributed by atoms with E-state index in [4.69, 9.17) is 4.74 Å². The summed E-state index contributed by atoms with van der Waals surface area (Å²) in [5.41, 5.74) is 3.27. The second kappa shape index (κ2) is 4.88. The molecule has 1 saturated heterocycles. The fraction of sp³-hybridized carbons (Fsp3) is 0.500. The van der Waals surface area contributed by atoms with Gasteiger partial charge >= 0.3 is 5.97 Å². The Balaban J connectivity index is 2.35. The van der Waals surface area contributed by atoms with Crippen molar-refractivity contribution in [3.05, 3.63) is 34.9 Å². The molecule has 1 fully saturated rings. The van der Waals surface area contributed by atoms with Gasteiger partial charge < -0.3 is 9.84 Å². The van der Waals surface area contributed by atoms with Crippen molar-refractivity contribution in [3.8, 4) is 0 Å². The third-order valence-electron chi connectivity index (χ3n) is 3.38. The first-order valence-electron chi connectivity index (χ1n) is 6.01. The van der Waals surface area contributed by atoms with Crippen LogP contribution in [0.4, 0.5) is 0 Å². The minimum absolute atomic E-state index is 0.291. The fourth-order valence-electron chi connectivity index (χ4n) is 2.41. The van der Waals surface area contributed by atoms with Gasteiger partial charge in [-0.2, -0.15) is 0 Å². The average molecular weight is 234 g/mol. The molecule has 0 saturated carbocycles. The molecular weight excluding hydrogens is 216 g/mol. The number of aliphatic carboxylic acids is 1. The lowest BCUT2D eigenvalue weighted by Gasteiger charge is -2.30. The van der Waals surface area contributed by atoms with Crippen LogP contribution in [0.15, 0.2) is 18.2 Å². The van der Waals surface area contributed by atoms with Crippen LogP contribution in [-0.2, 0) is 9.53 Å². The van der Waals surface area contributed by atoms with Gasteiger partial charge in [0, 0.05) is 6.61 Å². The highest BCUT2D eigenvalue weighted by molar-refractivity contribution is 5.71. The molecule has 1 aromatic rings. The molecule has 0 radical (unpaired) electrons. The highest BCUT2D eigenvalue weighted by Gasteiger charge is 2.33. The van der Waals surface area contributed by atoms with E-state index in [9.17, 15) is 9.90 Å². The molecule has 17 heavy (non-hydrogen) atoms. The molecule has 1 heterocycles. The van der Waals surface area contributed by atoms with Gasteiger partial charge in [-0.05, 0) is 37.8 Å². The molecule has 1 aliphatic heterocycles. The van der Waals surface area contributed by atoms with Crippen molar-refractivity contribution in [3.63, 3.8) is 0 Å². The van der Waals surface area contributed by atoms with E-state index in [2.05, 4.69) is 0 Å². The summed E-state index contributed by atoms with van der Waals surface area (Å²) in [5.74, 6) is -1.17. The highest BCUT2D eigenvalue weighted by atomic mass is 16.5. The molecule has 1 aromatic carbocycles. The Bertz CT molecular complexity index is 425. The van der Waals surface area contributed by atoms with Crippen molar-refractivity contribution in [2.45, 2.75) is 32.8 Å². The normalized spacial score (nSPS) is 24.6. The molecule has 0 aromatic heterocycles. The van der Waals surface area contributed by atoms with E-state index in [1.54, 1.807) is 0 Å². The number of ether oxygens (including phenoxy) is 1. The zero-order valence-electron chi connectivity index (χ0n) is 10.3. The Labute approximate surface area is 101 Å². The molecule has 0 amide bonds. The van der Waals surface area contributed by atoms with Crippen molar-refractivity contribution in [2.24, 2.45) is 5.92 Å².